The number of carbonyl (C=O) groups is 2. The zero-order valence-corrected chi connectivity index (χ0v) is 23.0. The molecule has 7 nitrogen and oxygen atoms in total. The predicted octanol–water partition coefficient (Wildman–Crippen LogP) is 5.90. The first kappa shape index (κ1) is 29.7. The fraction of sp³-hybridized carbons (Fsp3) is 0.235. The minimum atomic E-state index is -1.72. The summed E-state index contributed by atoms with van der Waals surface area (Å²) in [5, 5.41) is 21.4. The van der Waals surface area contributed by atoms with E-state index in [1.165, 1.54) is 11.1 Å². The van der Waals surface area contributed by atoms with E-state index in [2.05, 4.69) is 43.4 Å². The molecule has 4 aromatic rings. The highest BCUT2D eigenvalue weighted by molar-refractivity contribution is 5.94. The SMILES string of the molecule is C[C@@H]1O[C@H]1c1ccccc1.C[C@H]1O[C@@H]1c1ccccc1.O=C(N[C@@H](c1ccccc1)[C@@H](O)C(=O)O)c1ccccc1. The summed E-state index contributed by atoms with van der Waals surface area (Å²) in [5.74, 6) is -1.83. The van der Waals surface area contributed by atoms with Gasteiger partial charge >= 0.3 is 5.97 Å². The molecule has 0 aliphatic carbocycles. The van der Waals surface area contributed by atoms with Crippen molar-refractivity contribution in [3.8, 4) is 0 Å². The number of aliphatic hydroxyl groups is 1. The Bertz CT molecular complexity index is 1320. The maximum absolute atomic E-state index is 12.1. The second-order valence-electron chi connectivity index (χ2n) is 9.86. The van der Waals surface area contributed by atoms with Gasteiger partial charge < -0.3 is 25.0 Å². The van der Waals surface area contributed by atoms with E-state index >= 15 is 0 Å². The highest BCUT2D eigenvalue weighted by Gasteiger charge is 2.35. The highest BCUT2D eigenvalue weighted by Crippen LogP contribution is 2.38. The van der Waals surface area contributed by atoms with Crippen LogP contribution >= 0.6 is 0 Å². The Morgan fingerprint density at radius 2 is 1.02 bits per heavy atom. The van der Waals surface area contributed by atoms with Crippen LogP contribution in [-0.2, 0) is 14.3 Å². The maximum atomic E-state index is 12.1. The number of carboxylic acids is 1. The van der Waals surface area contributed by atoms with Crippen molar-refractivity contribution in [3.05, 3.63) is 144 Å². The van der Waals surface area contributed by atoms with Crippen LogP contribution in [0.25, 0.3) is 0 Å². The average molecular weight is 554 g/mol. The van der Waals surface area contributed by atoms with E-state index in [0.717, 1.165) is 0 Å². The summed E-state index contributed by atoms with van der Waals surface area (Å²) in [6.45, 7) is 4.19. The number of benzene rings is 4. The lowest BCUT2D eigenvalue weighted by molar-refractivity contribution is -0.148. The normalized spacial score (nSPS) is 21.4. The van der Waals surface area contributed by atoms with Crippen LogP contribution in [0.3, 0.4) is 0 Å². The Balaban J connectivity index is 0.000000159. The van der Waals surface area contributed by atoms with Gasteiger partial charge in [0.25, 0.3) is 5.91 Å². The molecular formula is C34H35NO6. The molecule has 212 valence electrons. The summed E-state index contributed by atoms with van der Waals surface area (Å²) in [6, 6.07) is 36.6. The number of nitrogens with one attached hydrogen (secondary N) is 1. The van der Waals surface area contributed by atoms with E-state index in [1.54, 1.807) is 60.7 Å². The zero-order valence-electron chi connectivity index (χ0n) is 23.0. The van der Waals surface area contributed by atoms with Crippen LogP contribution in [0, 0.1) is 0 Å². The molecule has 0 bridgehead atoms. The number of amides is 1. The van der Waals surface area contributed by atoms with Gasteiger partial charge in [-0.25, -0.2) is 4.79 Å². The minimum absolute atomic E-state index is 0.376. The standard InChI is InChI=1S/C16H15NO4.2C9H10O/c18-14(16(20)21)13(11-7-3-1-4-8-11)17-15(19)12-9-5-2-6-10-12;2*1-7-9(10-7)8-5-3-2-4-6-8/h1-10,13-14,18H,(H,17,19)(H,20,21);2*2-7,9H,1H3/t13-,14+;2*7-,9+/m010/s1. The van der Waals surface area contributed by atoms with E-state index in [-0.39, 0.29) is 0 Å². The molecule has 0 spiro atoms. The minimum Gasteiger partial charge on any atom is -0.479 e. The Hall–Kier alpha value is -4.30. The first-order chi connectivity index (χ1) is 19.8. The van der Waals surface area contributed by atoms with Gasteiger partial charge in [0.05, 0.1) is 18.2 Å². The van der Waals surface area contributed by atoms with E-state index in [0.29, 0.717) is 35.5 Å². The summed E-state index contributed by atoms with van der Waals surface area (Å²) in [5.41, 5.74) is 3.53. The Morgan fingerprint density at radius 1 is 0.659 bits per heavy atom. The lowest BCUT2D eigenvalue weighted by Gasteiger charge is -2.22. The van der Waals surface area contributed by atoms with Crippen LogP contribution in [0.5, 0.6) is 0 Å². The van der Waals surface area contributed by atoms with Gasteiger partial charge in [0, 0.05) is 5.56 Å². The topological polar surface area (TPSA) is 112 Å². The van der Waals surface area contributed by atoms with Gasteiger partial charge in [-0.3, -0.25) is 4.79 Å². The number of hydrogen-bond acceptors (Lipinski definition) is 5. The molecular weight excluding hydrogens is 518 g/mol. The molecule has 1 amide bonds. The van der Waals surface area contributed by atoms with Crippen LogP contribution in [-0.4, -0.2) is 40.4 Å². The molecule has 2 saturated heterocycles. The van der Waals surface area contributed by atoms with E-state index in [4.69, 9.17) is 14.6 Å². The number of epoxide rings is 2. The van der Waals surface area contributed by atoms with Crippen molar-refractivity contribution in [2.45, 2.75) is 50.4 Å². The van der Waals surface area contributed by atoms with Crippen LogP contribution < -0.4 is 5.32 Å². The van der Waals surface area contributed by atoms with Gasteiger partial charge in [0.15, 0.2) is 6.10 Å². The van der Waals surface area contributed by atoms with Gasteiger partial charge in [0.1, 0.15) is 12.2 Å². The maximum Gasteiger partial charge on any atom is 0.335 e. The molecule has 4 aromatic carbocycles. The molecule has 7 heteroatoms. The monoisotopic (exact) mass is 553 g/mol. The third kappa shape index (κ3) is 8.85. The van der Waals surface area contributed by atoms with Crippen LogP contribution in [0.2, 0.25) is 0 Å². The van der Waals surface area contributed by atoms with Gasteiger partial charge in [-0.2, -0.15) is 0 Å². The fourth-order valence-electron chi connectivity index (χ4n) is 4.32. The summed E-state index contributed by atoms with van der Waals surface area (Å²) in [4.78, 5) is 23.2. The van der Waals surface area contributed by atoms with Crippen LogP contribution in [0.4, 0.5) is 0 Å². The van der Waals surface area contributed by atoms with Crippen LogP contribution in [0.15, 0.2) is 121 Å². The average Bonchev–Trinajstić information content (AvgIpc) is 3.95. The summed E-state index contributed by atoms with van der Waals surface area (Å²) < 4.78 is 10.6. The zero-order chi connectivity index (χ0) is 29.2. The lowest BCUT2D eigenvalue weighted by Crippen LogP contribution is -2.40. The van der Waals surface area contributed by atoms with Crippen molar-refractivity contribution in [1.29, 1.82) is 0 Å². The number of ether oxygens (including phenoxy) is 2. The molecule has 0 unspecified atom stereocenters. The van der Waals surface area contributed by atoms with Crippen molar-refractivity contribution in [2.24, 2.45) is 0 Å². The van der Waals surface area contributed by atoms with Gasteiger partial charge in [0.2, 0.25) is 0 Å². The summed E-state index contributed by atoms with van der Waals surface area (Å²) in [6.07, 6.45) is -0.104. The van der Waals surface area contributed by atoms with Crippen molar-refractivity contribution >= 4 is 11.9 Å². The molecule has 0 aromatic heterocycles. The number of aliphatic carboxylic acids is 1. The molecule has 0 radical (unpaired) electrons. The smallest absolute Gasteiger partial charge is 0.335 e. The van der Waals surface area contributed by atoms with Crippen molar-refractivity contribution < 1.29 is 29.3 Å². The van der Waals surface area contributed by atoms with Gasteiger partial charge in [-0.15, -0.1) is 0 Å². The first-order valence-electron chi connectivity index (χ1n) is 13.6. The molecule has 6 atom stereocenters. The molecule has 3 N–H and O–H groups in total. The summed E-state index contributed by atoms with van der Waals surface area (Å²) >= 11 is 0. The van der Waals surface area contributed by atoms with Crippen molar-refractivity contribution in [3.63, 3.8) is 0 Å². The molecule has 41 heavy (non-hydrogen) atoms. The molecule has 2 fully saturated rings. The Kier molecular flexibility index (Phi) is 10.4. The van der Waals surface area contributed by atoms with Crippen molar-refractivity contribution in [2.75, 3.05) is 0 Å². The van der Waals surface area contributed by atoms with Gasteiger partial charge in [-0.05, 0) is 42.7 Å². The van der Waals surface area contributed by atoms with Crippen LogP contribution in [0.1, 0.15) is 59.1 Å². The molecule has 2 heterocycles. The lowest BCUT2D eigenvalue weighted by atomic mass is 10.0. The third-order valence-electron chi connectivity index (χ3n) is 6.73. The largest absolute Gasteiger partial charge is 0.479 e. The van der Waals surface area contributed by atoms with Gasteiger partial charge in [-0.1, -0.05) is 109 Å². The first-order valence-corrected chi connectivity index (χ1v) is 13.6. The number of rotatable bonds is 7. The number of carboxylic acid groups (broad SMARTS) is 1. The molecule has 0 saturated carbocycles. The molecule has 2 aliphatic rings. The van der Waals surface area contributed by atoms with E-state index in [9.17, 15) is 14.7 Å². The quantitative estimate of drug-likeness (QED) is 0.246. The fourth-order valence-corrected chi connectivity index (χ4v) is 4.32. The second-order valence-corrected chi connectivity index (χ2v) is 9.86. The highest BCUT2D eigenvalue weighted by atomic mass is 16.6. The van der Waals surface area contributed by atoms with E-state index in [1.807, 2.05) is 36.4 Å². The predicted molar refractivity (Wildman–Crippen MR) is 156 cm³/mol. The second kappa shape index (κ2) is 14.4. The summed E-state index contributed by atoms with van der Waals surface area (Å²) in [7, 11) is 0. The number of aliphatic hydroxyl groups excluding tert-OH is 1. The third-order valence-corrected chi connectivity index (χ3v) is 6.73. The Labute approximate surface area is 240 Å². The van der Waals surface area contributed by atoms with Crippen molar-refractivity contribution in [1.82, 2.24) is 5.32 Å². The number of hydrogen-bond donors (Lipinski definition) is 3. The number of carbonyl (C=O) groups excluding carboxylic acids is 1. The molecule has 6 rings (SSSR count). The molecule has 2 aliphatic heterocycles. The Morgan fingerprint density at radius 3 is 1.39 bits per heavy atom. The van der Waals surface area contributed by atoms with E-state index < -0.39 is 24.0 Å².